The molecular formula is C11H6FN4O. The molecule has 17 heavy (non-hydrogen) atoms. The first-order valence-corrected chi connectivity index (χ1v) is 4.83. The monoisotopic (exact) mass is 229 g/mol. The molecule has 0 bridgehead atoms. The van der Waals surface area contributed by atoms with Crippen molar-refractivity contribution in [1.29, 1.82) is 0 Å². The first-order chi connectivity index (χ1) is 8.25. The lowest BCUT2D eigenvalue weighted by Gasteiger charge is -2.02. The van der Waals surface area contributed by atoms with Gasteiger partial charge in [0, 0.05) is 5.57 Å². The number of phenolic OH excluding ortho intramolecular Hbond substituents is 1. The third-order valence-electron chi connectivity index (χ3n) is 2.39. The highest BCUT2D eigenvalue weighted by atomic mass is 19.1. The molecule has 0 spiro atoms. The van der Waals surface area contributed by atoms with Gasteiger partial charge in [-0.3, -0.25) is 4.98 Å². The summed E-state index contributed by atoms with van der Waals surface area (Å²) < 4.78 is 13.6. The Morgan fingerprint density at radius 2 is 2.12 bits per heavy atom. The minimum atomic E-state index is -0.774. The van der Waals surface area contributed by atoms with E-state index in [1.165, 1.54) is 30.7 Å². The Balaban J connectivity index is 2.24. The third-order valence-corrected chi connectivity index (χ3v) is 2.39. The van der Waals surface area contributed by atoms with Crippen LogP contribution in [0.4, 0.5) is 4.39 Å². The van der Waals surface area contributed by atoms with Crippen molar-refractivity contribution in [2.75, 3.05) is 0 Å². The second-order valence-electron chi connectivity index (χ2n) is 3.47. The Morgan fingerprint density at radius 3 is 2.88 bits per heavy atom. The summed E-state index contributed by atoms with van der Waals surface area (Å²) in [5, 5.41) is 12.9. The fourth-order valence-corrected chi connectivity index (χ4v) is 1.53. The number of aromatic hydroxyl groups is 1. The molecule has 2 heterocycles. The first kappa shape index (κ1) is 9.71. The maximum absolute atomic E-state index is 13.6. The van der Waals surface area contributed by atoms with E-state index in [-0.39, 0.29) is 5.52 Å². The predicted octanol–water partition coefficient (Wildman–Crippen LogP) is 1.42. The summed E-state index contributed by atoms with van der Waals surface area (Å²) in [6.07, 6.45) is 4.53. The molecular weight excluding hydrogens is 223 g/mol. The van der Waals surface area contributed by atoms with E-state index in [0.717, 1.165) is 0 Å². The molecule has 2 aromatic rings. The van der Waals surface area contributed by atoms with Crippen LogP contribution in [0.2, 0.25) is 0 Å². The first-order valence-electron chi connectivity index (χ1n) is 4.83. The number of nitrogens with zero attached hydrogens (tertiary/aromatic N) is 4. The summed E-state index contributed by atoms with van der Waals surface area (Å²) in [6, 6.07) is 2.75. The van der Waals surface area contributed by atoms with Gasteiger partial charge in [-0.2, -0.15) is 10.5 Å². The van der Waals surface area contributed by atoms with Gasteiger partial charge in [0.1, 0.15) is 5.52 Å². The van der Waals surface area contributed by atoms with Crippen LogP contribution in [0, 0.1) is 5.82 Å². The van der Waals surface area contributed by atoms with Gasteiger partial charge in [0.25, 0.3) is 0 Å². The quantitative estimate of drug-likeness (QED) is 0.803. The van der Waals surface area contributed by atoms with Gasteiger partial charge in [0.05, 0.1) is 29.8 Å². The van der Waals surface area contributed by atoms with Gasteiger partial charge in [-0.1, -0.05) is 0 Å². The van der Waals surface area contributed by atoms with E-state index < -0.39 is 11.6 Å². The highest BCUT2D eigenvalue weighted by molar-refractivity contribution is 6.10. The van der Waals surface area contributed by atoms with Crippen molar-refractivity contribution in [2.24, 2.45) is 5.10 Å². The zero-order valence-corrected chi connectivity index (χ0v) is 8.50. The SMILES string of the molecule is Oc1ccc2ncc(C3=C[N]N=C3)nc2c1F. The van der Waals surface area contributed by atoms with Gasteiger partial charge in [-0.15, -0.1) is 0 Å². The van der Waals surface area contributed by atoms with Crippen LogP contribution >= 0.6 is 0 Å². The zero-order valence-electron chi connectivity index (χ0n) is 8.50. The van der Waals surface area contributed by atoms with E-state index in [9.17, 15) is 9.50 Å². The van der Waals surface area contributed by atoms with Crippen LogP contribution in [-0.2, 0) is 0 Å². The van der Waals surface area contributed by atoms with E-state index >= 15 is 0 Å². The van der Waals surface area contributed by atoms with Crippen molar-refractivity contribution in [3.05, 3.63) is 36.0 Å². The van der Waals surface area contributed by atoms with Crippen molar-refractivity contribution < 1.29 is 9.50 Å². The van der Waals surface area contributed by atoms with E-state index in [1.807, 2.05) is 0 Å². The normalized spacial score (nSPS) is 13.8. The molecule has 83 valence electrons. The van der Waals surface area contributed by atoms with Gasteiger partial charge in [0.2, 0.25) is 0 Å². The van der Waals surface area contributed by atoms with E-state index in [2.05, 4.69) is 20.5 Å². The molecule has 0 unspecified atom stereocenters. The summed E-state index contributed by atoms with van der Waals surface area (Å²) in [4.78, 5) is 8.17. The lowest BCUT2D eigenvalue weighted by molar-refractivity contribution is 0.435. The molecule has 1 aliphatic rings. The summed E-state index contributed by atoms with van der Waals surface area (Å²) in [6.45, 7) is 0. The Bertz CT molecular complexity index is 666. The molecule has 1 radical (unpaired) electrons. The second-order valence-corrected chi connectivity index (χ2v) is 3.47. The molecule has 0 saturated carbocycles. The number of halogens is 1. The summed E-state index contributed by atoms with van der Waals surface area (Å²) in [5.74, 6) is -1.22. The zero-order chi connectivity index (χ0) is 11.8. The average Bonchev–Trinajstić information content (AvgIpc) is 2.87. The highest BCUT2D eigenvalue weighted by Gasteiger charge is 2.12. The van der Waals surface area contributed by atoms with E-state index in [1.54, 1.807) is 0 Å². The molecule has 1 aromatic carbocycles. The number of hydrogen-bond acceptors (Lipinski definition) is 4. The number of rotatable bonds is 1. The molecule has 0 fully saturated rings. The summed E-state index contributed by atoms with van der Waals surface area (Å²) in [7, 11) is 0. The summed E-state index contributed by atoms with van der Waals surface area (Å²) >= 11 is 0. The van der Waals surface area contributed by atoms with E-state index in [0.29, 0.717) is 16.8 Å². The smallest absolute Gasteiger partial charge is 0.192 e. The van der Waals surface area contributed by atoms with Crippen molar-refractivity contribution >= 4 is 22.8 Å². The molecule has 5 nitrogen and oxygen atoms in total. The van der Waals surface area contributed by atoms with Crippen LogP contribution < -0.4 is 5.43 Å². The van der Waals surface area contributed by atoms with Gasteiger partial charge >= 0.3 is 0 Å². The predicted molar refractivity (Wildman–Crippen MR) is 59.8 cm³/mol. The van der Waals surface area contributed by atoms with Gasteiger partial charge in [-0.05, 0) is 12.1 Å². The lowest BCUT2D eigenvalue weighted by atomic mass is 10.2. The van der Waals surface area contributed by atoms with Gasteiger partial charge < -0.3 is 5.11 Å². The third kappa shape index (κ3) is 1.50. The van der Waals surface area contributed by atoms with Crippen LogP contribution in [0.25, 0.3) is 16.6 Å². The number of allylic oxidation sites excluding steroid dienone is 1. The summed E-state index contributed by atoms with van der Waals surface area (Å²) in [5.41, 5.74) is 5.19. The second kappa shape index (κ2) is 3.51. The number of phenols is 1. The molecule has 1 aromatic heterocycles. The molecule has 6 heteroatoms. The van der Waals surface area contributed by atoms with Crippen LogP contribution in [-0.4, -0.2) is 21.3 Å². The molecule has 1 aliphatic heterocycles. The Morgan fingerprint density at radius 1 is 1.24 bits per heavy atom. The van der Waals surface area contributed by atoms with E-state index in [4.69, 9.17) is 0 Å². The van der Waals surface area contributed by atoms with Crippen LogP contribution in [0.3, 0.4) is 0 Å². The molecule has 3 rings (SSSR count). The number of fused-ring (bicyclic) bond motifs is 1. The largest absolute Gasteiger partial charge is 0.505 e. The van der Waals surface area contributed by atoms with Crippen LogP contribution in [0.5, 0.6) is 5.75 Å². The molecule has 0 aliphatic carbocycles. The fourth-order valence-electron chi connectivity index (χ4n) is 1.53. The minimum Gasteiger partial charge on any atom is -0.505 e. The molecule has 0 atom stereocenters. The fraction of sp³-hybridized carbons (Fsp3) is 0. The standard InChI is InChI=1S/C11H6FN4O/c12-10-9(17)2-1-7-11(10)16-8(5-13-7)6-3-14-15-4-6/h1-5,17H. The van der Waals surface area contributed by atoms with Crippen molar-refractivity contribution in [2.45, 2.75) is 0 Å². The average molecular weight is 229 g/mol. The maximum atomic E-state index is 13.6. The number of benzene rings is 1. The number of hydrogen-bond donors (Lipinski definition) is 1. The molecule has 1 N–H and O–H groups in total. The topological polar surface area (TPSA) is 72.5 Å². The minimum absolute atomic E-state index is 0.0312. The van der Waals surface area contributed by atoms with Gasteiger partial charge in [0.15, 0.2) is 11.6 Å². The van der Waals surface area contributed by atoms with Crippen LogP contribution in [0.15, 0.2) is 29.6 Å². The van der Waals surface area contributed by atoms with Crippen molar-refractivity contribution in [3.8, 4) is 5.75 Å². The van der Waals surface area contributed by atoms with Crippen molar-refractivity contribution in [3.63, 3.8) is 0 Å². The Hall–Kier alpha value is -2.50. The highest BCUT2D eigenvalue weighted by Crippen LogP contribution is 2.24. The lowest BCUT2D eigenvalue weighted by Crippen LogP contribution is -1.95. The Labute approximate surface area is 95.3 Å². The molecule has 0 saturated heterocycles. The molecule has 0 amide bonds. The Kier molecular flexibility index (Phi) is 2.01. The van der Waals surface area contributed by atoms with Crippen LogP contribution in [0.1, 0.15) is 5.69 Å². The number of aromatic nitrogens is 2. The van der Waals surface area contributed by atoms with Gasteiger partial charge in [-0.25, -0.2) is 9.37 Å². The maximum Gasteiger partial charge on any atom is 0.192 e. The van der Waals surface area contributed by atoms with Crippen molar-refractivity contribution in [1.82, 2.24) is 15.4 Å².